The van der Waals surface area contributed by atoms with E-state index in [4.69, 9.17) is 4.74 Å². The van der Waals surface area contributed by atoms with E-state index in [9.17, 15) is 18.8 Å². The largest absolute Gasteiger partial charge is 0.464 e. The number of benzene rings is 2. The van der Waals surface area contributed by atoms with Gasteiger partial charge < -0.3 is 10.1 Å². The molecular weight excluding hydrogens is 337 g/mol. The van der Waals surface area contributed by atoms with Gasteiger partial charge in [-0.15, -0.1) is 0 Å². The number of Topliss-reactive ketones (excluding diaryl/α,β-unsaturated/α-hetero) is 1. The van der Waals surface area contributed by atoms with Crippen LogP contribution in [-0.4, -0.2) is 30.8 Å². The molecule has 26 heavy (non-hydrogen) atoms. The van der Waals surface area contributed by atoms with Crippen molar-refractivity contribution >= 4 is 17.7 Å². The Hall–Kier alpha value is -3.02. The number of carbonyl (C=O) groups excluding carboxylic acids is 3. The number of carbonyl (C=O) groups is 3. The van der Waals surface area contributed by atoms with Gasteiger partial charge >= 0.3 is 5.97 Å². The van der Waals surface area contributed by atoms with Crippen LogP contribution < -0.4 is 5.32 Å². The normalized spacial score (nSPS) is 10.2. The van der Waals surface area contributed by atoms with Crippen molar-refractivity contribution in [3.63, 3.8) is 0 Å². The van der Waals surface area contributed by atoms with E-state index in [1.54, 1.807) is 18.2 Å². The SMILES string of the molecule is Cc1cccc(C(=O)NCC(=O)OCCCC(=O)c2ccc(F)cc2)c1. The van der Waals surface area contributed by atoms with Gasteiger partial charge in [0.25, 0.3) is 5.91 Å². The first-order valence-electron chi connectivity index (χ1n) is 8.25. The fourth-order valence-electron chi connectivity index (χ4n) is 2.29. The van der Waals surface area contributed by atoms with Crippen molar-refractivity contribution in [3.8, 4) is 0 Å². The minimum absolute atomic E-state index is 0.0755. The highest BCUT2D eigenvalue weighted by molar-refractivity contribution is 5.96. The van der Waals surface area contributed by atoms with E-state index in [2.05, 4.69) is 5.32 Å². The maximum Gasteiger partial charge on any atom is 0.325 e. The molecule has 1 N–H and O–H groups in total. The van der Waals surface area contributed by atoms with Crippen LogP contribution in [0.1, 0.15) is 39.1 Å². The zero-order chi connectivity index (χ0) is 18.9. The summed E-state index contributed by atoms with van der Waals surface area (Å²) in [5.74, 6) is -1.46. The molecule has 0 aliphatic heterocycles. The van der Waals surface area contributed by atoms with E-state index in [1.165, 1.54) is 24.3 Å². The molecule has 0 radical (unpaired) electrons. The number of aryl methyl sites for hydroxylation is 1. The van der Waals surface area contributed by atoms with Crippen LogP contribution in [0.4, 0.5) is 4.39 Å². The lowest BCUT2D eigenvalue weighted by Crippen LogP contribution is -2.30. The maximum atomic E-state index is 12.8. The van der Waals surface area contributed by atoms with Gasteiger partial charge in [-0.1, -0.05) is 17.7 Å². The van der Waals surface area contributed by atoms with Crippen LogP contribution in [0.5, 0.6) is 0 Å². The van der Waals surface area contributed by atoms with Crippen LogP contribution in [0, 0.1) is 12.7 Å². The summed E-state index contributed by atoms with van der Waals surface area (Å²) in [4.78, 5) is 35.4. The van der Waals surface area contributed by atoms with Crippen LogP contribution in [0.15, 0.2) is 48.5 Å². The summed E-state index contributed by atoms with van der Waals surface area (Å²) in [5.41, 5.74) is 1.84. The number of amides is 1. The molecule has 2 rings (SSSR count). The Morgan fingerprint density at radius 3 is 2.46 bits per heavy atom. The first-order valence-corrected chi connectivity index (χ1v) is 8.25. The molecule has 136 valence electrons. The minimum Gasteiger partial charge on any atom is -0.464 e. The Morgan fingerprint density at radius 2 is 1.77 bits per heavy atom. The first kappa shape index (κ1) is 19.3. The van der Waals surface area contributed by atoms with E-state index in [1.807, 2.05) is 13.0 Å². The minimum atomic E-state index is -0.569. The van der Waals surface area contributed by atoms with Gasteiger partial charge in [-0.3, -0.25) is 14.4 Å². The van der Waals surface area contributed by atoms with Gasteiger partial charge in [0.05, 0.1) is 6.61 Å². The van der Waals surface area contributed by atoms with Crippen LogP contribution in [0.2, 0.25) is 0 Å². The molecule has 0 heterocycles. The van der Waals surface area contributed by atoms with E-state index < -0.39 is 11.8 Å². The molecule has 5 nitrogen and oxygen atoms in total. The van der Waals surface area contributed by atoms with Crippen LogP contribution in [0.3, 0.4) is 0 Å². The molecule has 0 fully saturated rings. The van der Waals surface area contributed by atoms with Gasteiger partial charge in [0.15, 0.2) is 5.78 Å². The molecule has 0 aliphatic rings. The lowest BCUT2D eigenvalue weighted by atomic mass is 10.1. The Bertz CT molecular complexity index is 787. The number of nitrogens with one attached hydrogen (secondary N) is 1. The average molecular weight is 357 g/mol. The molecule has 2 aromatic rings. The van der Waals surface area contributed by atoms with Crippen molar-refractivity contribution in [2.75, 3.05) is 13.2 Å². The molecule has 0 aliphatic carbocycles. The molecule has 0 saturated carbocycles. The highest BCUT2D eigenvalue weighted by atomic mass is 19.1. The molecule has 2 aromatic carbocycles. The zero-order valence-electron chi connectivity index (χ0n) is 14.5. The fraction of sp³-hybridized carbons (Fsp3) is 0.250. The quantitative estimate of drug-likeness (QED) is 0.448. The third-order valence-corrected chi connectivity index (χ3v) is 3.65. The van der Waals surface area contributed by atoms with Gasteiger partial charge in [0.2, 0.25) is 0 Å². The van der Waals surface area contributed by atoms with Gasteiger partial charge in [0, 0.05) is 17.5 Å². The van der Waals surface area contributed by atoms with E-state index >= 15 is 0 Å². The van der Waals surface area contributed by atoms with Crippen molar-refractivity contribution < 1.29 is 23.5 Å². The summed E-state index contributed by atoms with van der Waals surface area (Å²) in [7, 11) is 0. The molecule has 0 bridgehead atoms. The Labute approximate surface area is 151 Å². The van der Waals surface area contributed by atoms with Gasteiger partial charge in [-0.25, -0.2) is 4.39 Å². The summed E-state index contributed by atoms with van der Waals surface area (Å²) in [6, 6.07) is 12.3. The molecule has 0 unspecified atom stereocenters. The van der Waals surface area contributed by atoms with Crippen molar-refractivity contribution in [1.29, 1.82) is 0 Å². The molecule has 6 heteroatoms. The predicted octanol–water partition coefficient (Wildman–Crippen LogP) is 3.07. The monoisotopic (exact) mass is 357 g/mol. The second kappa shape index (κ2) is 9.46. The highest BCUT2D eigenvalue weighted by Crippen LogP contribution is 2.07. The Morgan fingerprint density at radius 1 is 1.04 bits per heavy atom. The third kappa shape index (κ3) is 6.12. The molecule has 0 atom stereocenters. The zero-order valence-corrected chi connectivity index (χ0v) is 14.5. The number of ketones is 1. The van der Waals surface area contributed by atoms with Crippen molar-refractivity contribution in [3.05, 3.63) is 71.0 Å². The Kier molecular flexibility index (Phi) is 7.02. The lowest BCUT2D eigenvalue weighted by molar-refractivity contribution is -0.142. The first-order chi connectivity index (χ1) is 12.5. The number of ether oxygens (including phenoxy) is 1. The molecule has 0 aromatic heterocycles. The van der Waals surface area contributed by atoms with Gasteiger partial charge in [-0.2, -0.15) is 0 Å². The van der Waals surface area contributed by atoms with Gasteiger partial charge in [0.1, 0.15) is 12.4 Å². The van der Waals surface area contributed by atoms with Crippen LogP contribution >= 0.6 is 0 Å². The second-order valence-electron chi connectivity index (χ2n) is 5.81. The topological polar surface area (TPSA) is 72.5 Å². The van der Waals surface area contributed by atoms with Gasteiger partial charge in [-0.05, 0) is 49.7 Å². The van der Waals surface area contributed by atoms with Crippen molar-refractivity contribution in [2.24, 2.45) is 0 Å². The Balaban J connectivity index is 1.65. The van der Waals surface area contributed by atoms with Crippen LogP contribution in [0.25, 0.3) is 0 Å². The van der Waals surface area contributed by atoms with Crippen molar-refractivity contribution in [2.45, 2.75) is 19.8 Å². The van der Waals surface area contributed by atoms with Crippen molar-refractivity contribution in [1.82, 2.24) is 5.32 Å². The smallest absolute Gasteiger partial charge is 0.325 e. The third-order valence-electron chi connectivity index (χ3n) is 3.65. The number of esters is 1. The number of hydrogen-bond acceptors (Lipinski definition) is 4. The molecular formula is C20H20FNO4. The molecule has 1 amide bonds. The summed E-state index contributed by atoms with van der Waals surface area (Å²) >= 11 is 0. The lowest BCUT2D eigenvalue weighted by Gasteiger charge is -2.07. The summed E-state index contributed by atoms with van der Waals surface area (Å²) in [6.07, 6.45) is 0.544. The highest BCUT2D eigenvalue weighted by Gasteiger charge is 2.10. The summed E-state index contributed by atoms with van der Waals surface area (Å²) < 4.78 is 17.8. The predicted molar refractivity (Wildman–Crippen MR) is 94.4 cm³/mol. The maximum absolute atomic E-state index is 12.8. The average Bonchev–Trinajstić information content (AvgIpc) is 2.63. The fourth-order valence-corrected chi connectivity index (χ4v) is 2.29. The van der Waals surface area contributed by atoms with E-state index in [-0.39, 0.29) is 31.3 Å². The van der Waals surface area contributed by atoms with Crippen LogP contribution in [-0.2, 0) is 9.53 Å². The number of hydrogen-bond donors (Lipinski definition) is 1. The second-order valence-corrected chi connectivity index (χ2v) is 5.81. The summed E-state index contributed by atoms with van der Waals surface area (Å²) in [5, 5.41) is 2.49. The number of halogens is 1. The molecule has 0 spiro atoms. The number of rotatable bonds is 8. The summed E-state index contributed by atoms with van der Waals surface area (Å²) in [6.45, 7) is 1.71. The van der Waals surface area contributed by atoms with E-state index in [0.29, 0.717) is 17.5 Å². The van der Waals surface area contributed by atoms with E-state index in [0.717, 1.165) is 5.56 Å². The molecule has 0 saturated heterocycles. The standard InChI is InChI=1S/C20H20FNO4/c1-14-4-2-5-16(12-14)20(25)22-13-19(24)26-11-3-6-18(23)15-7-9-17(21)10-8-15/h2,4-5,7-10,12H,3,6,11,13H2,1H3,(H,22,25).